The molecule has 0 radical (unpaired) electrons. The van der Waals surface area contributed by atoms with Gasteiger partial charge in [-0.25, -0.2) is 4.98 Å². The Labute approximate surface area is 90.0 Å². The number of aliphatic hydroxyl groups excluding tert-OH is 1. The summed E-state index contributed by atoms with van der Waals surface area (Å²) in [6.07, 6.45) is 5.69. The number of piperidine rings is 1. The van der Waals surface area contributed by atoms with Crippen molar-refractivity contribution in [3.05, 3.63) is 18.1 Å². The van der Waals surface area contributed by atoms with Crippen LogP contribution in [0.25, 0.3) is 0 Å². The monoisotopic (exact) mass is 207 g/mol. The van der Waals surface area contributed by atoms with Crippen LogP contribution in [0.1, 0.15) is 18.5 Å². The Morgan fingerprint density at radius 2 is 2.27 bits per heavy atom. The predicted octanol–water partition coefficient (Wildman–Crippen LogP) is 0.994. The van der Waals surface area contributed by atoms with E-state index in [2.05, 4.69) is 14.9 Å². The third-order valence-corrected chi connectivity index (χ3v) is 2.93. The Bertz CT molecular complexity index is 329. The smallest absolute Gasteiger partial charge is 0.150 e. The highest BCUT2D eigenvalue weighted by molar-refractivity contribution is 5.42. The Morgan fingerprint density at radius 3 is 3.00 bits per heavy atom. The minimum atomic E-state index is 0.274. The van der Waals surface area contributed by atoms with Crippen molar-refractivity contribution in [2.75, 3.05) is 24.6 Å². The number of aromatic nitrogens is 2. The molecule has 0 saturated carbocycles. The first kappa shape index (κ1) is 10.4. The maximum atomic E-state index is 9.16. The molecule has 0 amide bonds. The van der Waals surface area contributed by atoms with Crippen LogP contribution in [0.3, 0.4) is 0 Å². The van der Waals surface area contributed by atoms with E-state index in [0.29, 0.717) is 5.92 Å². The maximum absolute atomic E-state index is 9.16. The number of nitrogens with zero attached hydrogens (tertiary/aromatic N) is 3. The lowest BCUT2D eigenvalue weighted by Crippen LogP contribution is -2.37. The molecule has 1 aromatic rings. The van der Waals surface area contributed by atoms with Gasteiger partial charge in [-0.05, 0) is 25.7 Å². The molecule has 0 spiro atoms. The largest absolute Gasteiger partial charge is 0.396 e. The van der Waals surface area contributed by atoms with Crippen LogP contribution < -0.4 is 4.90 Å². The number of anilines is 1. The fraction of sp³-hybridized carbons (Fsp3) is 0.636. The summed E-state index contributed by atoms with van der Waals surface area (Å²) < 4.78 is 0. The molecule has 1 fully saturated rings. The molecular weight excluding hydrogens is 190 g/mol. The summed E-state index contributed by atoms with van der Waals surface area (Å²) in [4.78, 5) is 10.8. The van der Waals surface area contributed by atoms with Crippen LogP contribution in [0.2, 0.25) is 0 Å². The normalized spacial score (nSPS) is 21.7. The highest BCUT2D eigenvalue weighted by Crippen LogP contribution is 2.22. The van der Waals surface area contributed by atoms with Gasteiger partial charge in [0, 0.05) is 32.1 Å². The fourth-order valence-corrected chi connectivity index (χ4v) is 2.12. The van der Waals surface area contributed by atoms with Gasteiger partial charge in [-0.15, -0.1) is 0 Å². The first-order chi connectivity index (χ1) is 7.31. The molecular formula is C11H17N3O. The molecule has 1 aromatic heterocycles. The molecule has 1 N–H and O–H groups in total. The fourth-order valence-electron chi connectivity index (χ4n) is 2.12. The number of aliphatic hydroxyl groups is 1. The van der Waals surface area contributed by atoms with Gasteiger partial charge >= 0.3 is 0 Å². The van der Waals surface area contributed by atoms with Gasteiger partial charge in [0.05, 0.1) is 5.69 Å². The lowest BCUT2D eigenvalue weighted by atomic mass is 9.99. The molecule has 4 heteroatoms. The third-order valence-electron chi connectivity index (χ3n) is 2.93. The SMILES string of the molecule is Cc1nccnc1N1CCC[C@H](CO)C1. The summed E-state index contributed by atoms with van der Waals surface area (Å²) >= 11 is 0. The van der Waals surface area contributed by atoms with E-state index >= 15 is 0 Å². The summed E-state index contributed by atoms with van der Waals surface area (Å²) in [5.74, 6) is 1.36. The third kappa shape index (κ3) is 2.26. The average molecular weight is 207 g/mol. The van der Waals surface area contributed by atoms with E-state index in [4.69, 9.17) is 5.11 Å². The Balaban J connectivity index is 2.13. The van der Waals surface area contributed by atoms with Crippen LogP contribution in [-0.2, 0) is 0 Å². The van der Waals surface area contributed by atoms with Crippen molar-refractivity contribution < 1.29 is 5.11 Å². The minimum Gasteiger partial charge on any atom is -0.396 e. The van der Waals surface area contributed by atoms with E-state index in [1.807, 2.05) is 6.92 Å². The van der Waals surface area contributed by atoms with E-state index in [1.165, 1.54) is 0 Å². The van der Waals surface area contributed by atoms with E-state index in [-0.39, 0.29) is 6.61 Å². The number of rotatable bonds is 2. The standard InChI is InChI=1S/C11H17N3O/c1-9-11(13-5-4-12-9)14-6-2-3-10(7-14)8-15/h4-5,10,15H,2-3,6-8H2,1H3/t10-/m0/s1. The summed E-state index contributed by atoms with van der Waals surface area (Å²) in [5.41, 5.74) is 0.969. The van der Waals surface area contributed by atoms with Crippen molar-refractivity contribution in [3.8, 4) is 0 Å². The molecule has 0 aromatic carbocycles. The zero-order valence-electron chi connectivity index (χ0n) is 9.06. The van der Waals surface area contributed by atoms with Crippen LogP contribution in [-0.4, -0.2) is 34.8 Å². The lowest BCUT2D eigenvalue weighted by Gasteiger charge is -2.33. The molecule has 2 rings (SSSR count). The summed E-state index contributed by atoms with van der Waals surface area (Å²) in [7, 11) is 0. The first-order valence-corrected chi connectivity index (χ1v) is 5.44. The van der Waals surface area contributed by atoms with Crippen LogP contribution >= 0.6 is 0 Å². The van der Waals surface area contributed by atoms with Crippen molar-refractivity contribution in [1.82, 2.24) is 9.97 Å². The second-order valence-electron chi connectivity index (χ2n) is 4.10. The Kier molecular flexibility index (Phi) is 3.16. The highest BCUT2D eigenvalue weighted by Gasteiger charge is 2.21. The summed E-state index contributed by atoms with van der Waals surface area (Å²) in [5, 5.41) is 9.16. The highest BCUT2D eigenvalue weighted by atomic mass is 16.3. The van der Waals surface area contributed by atoms with Crippen molar-refractivity contribution in [2.24, 2.45) is 5.92 Å². The second kappa shape index (κ2) is 4.57. The molecule has 1 aliphatic heterocycles. The molecule has 82 valence electrons. The minimum absolute atomic E-state index is 0.274. The van der Waals surface area contributed by atoms with Gasteiger partial charge in [-0.2, -0.15) is 0 Å². The van der Waals surface area contributed by atoms with Crippen molar-refractivity contribution >= 4 is 5.82 Å². The predicted molar refractivity (Wildman–Crippen MR) is 58.8 cm³/mol. The molecule has 1 saturated heterocycles. The van der Waals surface area contributed by atoms with E-state index < -0.39 is 0 Å². The molecule has 1 aliphatic rings. The number of aryl methyl sites for hydroxylation is 1. The van der Waals surface area contributed by atoms with E-state index in [1.54, 1.807) is 12.4 Å². The Hall–Kier alpha value is -1.16. The van der Waals surface area contributed by atoms with Gasteiger partial charge in [-0.1, -0.05) is 0 Å². The maximum Gasteiger partial charge on any atom is 0.150 e. The molecule has 0 bridgehead atoms. The van der Waals surface area contributed by atoms with Gasteiger partial charge in [0.25, 0.3) is 0 Å². The van der Waals surface area contributed by atoms with Crippen molar-refractivity contribution in [2.45, 2.75) is 19.8 Å². The number of hydrogen-bond acceptors (Lipinski definition) is 4. The van der Waals surface area contributed by atoms with Crippen LogP contribution in [0.4, 0.5) is 5.82 Å². The molecule has 4 nitrogen and oxygen atoms in total. The quantitative estimate of drug-likeness (QED) is 0.785. The zero-order valence-corrected chi connectivity index (χ0v) is 9.06. The van der Waals surface area contributed by atoms with E-state index in [9.17, 15) is 0 Å². The average Bonchev–Trinajstić information content (AvgIpc) is 2.30. The first-order valence-electron chi connectivity index (χ1n) is 5.44. The van der Waals surface area contributed by atoms with Crippen LogP contribution in [0.15, 0.2) is 12.4 Å². The number of hydrogen-bond donors (Lipinski definition) is 1. The zero-order chi connectivity index (χ0) is 10.7. The Morgan fingerprint density at radius 1 is 1.47 bits per heavy atom. The van der Waals surface area contributed by atoms with Gasteiger partial charge in [-0.3, -0.25) is 4.98 Å². The molecule has 1 atom stereocenters. The van der Waals surface area contributed by atoms with Gasteiger partial charge in [0.15, 0.2) is 0 Å². The second-order valence-corrected chi connectivity index (χ2v) is 4.10. The molecule has 15 heavy (non-hydrogen) atoms. The van der Waals surface area contributed by atoms with Crippen LogP contribution in [0.5, 0.6) is 0 Å². The van der Waals surface area contributed by atoms with Crippen molar-refractivity contribution in [3.63, 3.8) is 0 Å². The van der Waals surface area contributed by atoms with Crippen molar-refractivity contribution in [1.29, 1.82) is 0 Å². The van der Waals surface area contributed by atoms with Gasteiger partial charge in [0.1, 0.15) is 5.82 Å². The summed E-state index contributed by atoms with van der Waals surface area (Å²) in [6, 6.07) is 0. The van der Waals surface area contributed by atoms with Crippen LogP contribution in [0, 0.1) is 12.8 Å². The molecule has 2 heterocycles. The van der Waals surface area contributed by atoms with Gasteiger partial charge in [0.2, 0.25) is 0 Å². The molecule has 0 aliphatic carbocycles. The lowest BCUT2D eigenvalue weighted by molar-refractivity contribution is 0.208. The topological polar surface area (TPSA) is 49.2 Å². The van der Waals surface area contributed by atoms with Gasteiger partial charge < -0.3 is 10.0 Å². The van der Waals surface area contributed by atoms with E-state index in [0.717, 1.165) is 37.4 Å². The summed E-state index contributed by atoms with van der Waals surface area (Å²) in [6.45, 7) is 4.17. The molecule has 0 unspecified atom stereocenters.